The smallest absolute Gasteiger partial charge is 0.384 e. The molecule has 0 saturated heterocycles. The first-order chi connectivity index (χ1) is 7.81. The quantitative estimate of drug-likeness (QED) is 0.226. The Balaban J connectivity index is 0. The van der Waals surface area contributed by atoms with E-state index < -0.39 is 5.97 Å². The minimum absolute atomic E-state index is 0.381. The lowest BCUT2D eigenvalue weighted by atomic mass is 10.2. The largest absolute Gasteiger partial charge is 0.456 e. The van der Waals surface area contributed by atoms with E-state index in [9.17, 15) is 4.79 Å². The average Bonchev–Trinajstić information content (AvgIpc) is 2.32. The normalized spacial score (nSPS) is 7.94. The van der Waals surface area contributed by atoms with Crippen molar-refractivity contribution in [2.75, 3.05) is 6.61 Å². The number of hydrogen-bond acceptors (Lipinski definition) is 2. The topological polar surface area (TPSA) is 26.3 Å². The van der Waals surface area contributed by atoms with Crippen LogP contribution in [0, 0.1) is 11.8 Å². The van der Waals surface area contributed by atoms with Gasteiger partial charge in [-0.1, -0.05) is 45.6 Å². The van der Waals surface area contributed by atoms with Gasteiger partial charge in [-0.3, -0.25) is 0 Å². The van der Waals surface area contributed by atoms with E-state index in [1.165, 1.54) is 12.8 Å². The first-order valence-electron chi connectivity index (χ1n) is 6.07. The van der Waals surface area contributed by atoms with Gasteiger partial charge in [0, 0.05) is 12.3 Å². The van der Waals surface area contributed by atoms with Gasteiger partial charge in [-0.15, -0.1) is 6.58 Å². The Morgan fingerprint density at radius 3 is 2.62 bits per heavy atom. The molecule has 2 nitrogen and oxygen atoms in total. The Hall–Kier alpha value is -1.23. The van der Waals surface area contributed by atoms with Crippen LogP contribution in [0.1, 0.15) is 52.9 Å². The van der Waals surface area contributed by atoms with Gasteiger partial charge in [0.1, 0.15) is 0 Å². The summed E-state index contributed by atoms with van der Waals surface area (Å²) >= 11 is 0. The predicted octanol–water partition coefficient (Wildman–Crippen LogP) is 3.72. The summed E-state index contributed by atoms with van der Waals surface area (Å²) in [5.41, 5.74) is 0. The first-order valence-corrected chi connectivity index (χ1v) is 6.07. The fourth-order valence-electron chi connectivity index (χ4n) is 0.869. The molecule has 92 valence electrons. The van der Waals surface area contributed by atoms with Gasteiger partial charge in [-0.25, -0.2) is 4.79 Å². The third kappa shape index (κ3) is 15.3. The standard InChI is InChI=1S/C12H18O2.C2H6/c1-3-5-7-8-9-10-12(13)14-11-6-4-2;1-2/h4H,2-3,5-8,11H2,1H3;1-2H3. The van der Waals surface area contributed by atoms with Gasteiger partial charge in [0.15, 0.2) is 0 Å². The second kappa shape index (κ2) is 16.2. The highest BCUT2D eigenvalue weighted by atomic mass is 16.5. The second-order valence-corrected chi connectivity index (χ2v) is 2.97. The Morgan fingerprint density at radius 2 is 2.06 bits per heavy atom. The molecule has 0 aromatic carbocycles. The molecule has 0 aromatic heterocycles. The zero-order valence-corrected chi connectivity index (χ0v) is 10.8. The lowest BCUT2D eigenvalue weighted by Crippen LogP contribution is -2.01. The van der Waals surface area contributed by atoms with Crippen molar-refractivity contribution in [2.45, 2.75) is 52.9 Å². The molecule has 16 heavy (non-hydrogen) atoms. The SMILES string of the molecule is C=CCCOC(=O)C#CCCCCC.CC. The molecule has 0 radical (unpaired) electrons. The molecule has 0 unspecified atom stereocenters. The summed E-state index contributed by atoms with van der Waals surface area (Å²) < 4.78 is 4.81. The summed E-state index contributed by atoms with van der Waals surface area (Å²) in [5.74, 6) is 4.82. The van der Waals surface area contributed by atoms with Crippen LogP contribution < -0.4 is 0 Å². The molecule has 0 saturated carbocycles. The fourth-order valence-corrected chi connectivity index (χ4v) is 0.869. The van der Waals surface area contributed by atoms with Crippen molar-refractivity contribution in [2.24, 2.45) is 0 Å². The molecule has 0 rings (SSSR count). The Labute approximate surface area is 100 Å². The first kappa shape index (κ1) is 17.2. The number of esters is 1. The number of unbranched alkanes of at least 4 members (excludes halogenated alkanes) is 3. The van der Waals surface area contributed by atoms with Crippen molar-refractivity contribution in [1.82, 2.24) is 0 Å². The highest BCUT2D eigenvalue weighted by Crippen LogP contribution is 1.96. The van der Waals surface area contributed by atoms with E-state index in [-0.39, 0.29) is 0 Å². The van der Waals surface area contributed by atoms with Crippen LogP contribution in [-0.4, -0.2) is 12.6 Å². The number of carbonyl (C=O) groups excluding carboxylic acids is 1. The predicted molar refractivity (Wildman–Crippen MR) is 69.0 cm³/mol. The molecule has 0 aliphatic heterocycles. The van der Waals surface area contributed by atoms with Gasteiger partial charge in [0.2, 0.25) is 0 Å². The van der Waals surface area contributed by atoms with Crippen LogP contribution in [0.4, 0.5) is 0 Å². The van der Waals surface area contributed by atoms with Crippen molar-refractivity contribution in [1.29, 1.82) is 0 Å². The Morgan fingerprint density at radius 1 is 1.38 bits per heavy atom. The van der Waals surface area contributed by atoms with Crippen LogP contribution in [0.25, 0.3) is 0 Å². The highest BCUT2D eigenvalue weighted by molar-refractivity contribution is 5.88. The van der Waals surface area contributed by atoms with Crippen LogP contribution >= 0.6 is 0 Å². The number of hydrogen-bond donors (Lipinski definition) is 0. The van der Waals surface area contributed by atoms with Crippen LogP contribution in [-0.2, 0) is 9.53 Å². The van der Waals surface area contributed by atoms with Crippen molar-refractivity contribution >= 4 is 5.97 Å². The summed E-state index contributed by atoms with van der Waals surface area (Å²) in [6.07, 6.45) is 6.57. The molecule has 0 N–H and O–H groups in total. The van der Waals surface area contributed by atoms with E-state index in [1.807, 2.05) is 13.8 Å². The van der Waals surface area contributed by atoms with Gasteiger partial charge in [-0.05, 0) is 12.8 Å². The molecule has 0 amide bonds. The average molecular weight is 224 g/mol. The summed E-state index contributed by atoms with van der Waals surface area (Å²) in [5, 5.41) is 0. The second-order valence-electron chi connectivity index (χ2n) is 2.97. The number of ether oxygens (including phenoxy) is 1. The van der Waals surface area contributed by atoms with E-state index in [4.69, 9.17) is 4.74 Å². The maximum absolute atomic E-state index is 10.9. The van der Waals surface area contributed by atoms with Crippen molar-refractivity contribution in [3.8, 4) is 11.8 Å². The summed E-state index contributed by atoms with van der Waals surface area (Å²) in [6.45, 7) is 10.0. The zero-order chi connectivity index (χ0) is 12.6. The number of rotatable bonds is 6. The van der Waals surface area contributed by atoms with E-state index in [1.54, 1.807) is 6.08 Å². The van der Waals surface area contributed by atoms with Crippen LogP contribution in [0.2, 0.25) is 0 Å². The van der Waals surface area contributed by atoms with Crippen LogP contribution in [0.5, 0.6) is 0 Å². The van der Waals surface area contributed by atoms with Gasteiger partial charge >= 0.3 is 5.97 Å². The lowest BCUT2D eigenvalue weighted by Gasteiger charge is -1.95. The molecule has 0 spiro atoms. The monoisotopic (exact) mass is 224 g/mol. The van der Waals surface area contributed by atoms with Gasteiger partial charge in [-0.2, -0.15) is 0 Å². The molecule has 0 bridgehead atoms. The van der Waals surface area contributed by atoms with Gasteiger partial charge < -0.3 is 4.74 Å². The van der Waals surface area contributed by atoms with Gasteiger partial charge in [0.05, 0.1) is 6.61 Å². The molecular weight excluding hydrogens is 200 g/mol. The Kier molecular flexibility index (Phi) is 17.4. The molecular formula is C14H24O2. The lowest BCUT2D eigenvalue weighted by molar-refractivity contribution is -0.136. The fraction of sp³-hybridized carbons (Fsp3) is 0.643. The minimum atomic E-state index is -0.427. The molecule has 0 aliphatic carbocycles. The summed E-state index contributed by atoms with van der Waals surface area (Å²) in [6, 6.07) is 0. The molecule has 0 atom stereocenters. The summed E-state index contributed by atoms with van der Waals surface area (Å²) in [7, 11) is 0. The highest BCUT2D eigenvalue weighted by Gasteiger charge is 1.93. The molecule has 2 heteroatoms. The van der Waals surface area contributed by atoms with E-state index >= 15 is 0 Å². The molecule has 0 heterocycles. The third-order valence-corrected chi connectivity index (χ3v) is 1.65. The number of carbonyl (C=O) groups is 1. The van der Waals surface area contributed by atoms with Crippen LogP contribution in [0.15, 0.2) is 12.7 Å². The minimum Gasteiger partial charge on any atom is -0.456 e. The van der Waals surface area contributed by atoms with Crippen molar-refractivity contribution in [3.63, 3.8) is 0 Å². The van der Waals surface area contributed by atoms with Crippen LogP contribution in [0.3, 0.4) is 0 Å². The molecule has 0 fully saturated rings. The van der Waals surface area contributed by atoms with E-state index in [0.29, 0.717) is 13.0 Å². The molecule has 0 aliphatic rings. The Bertz CT molecular complexity index is 221. The summed E-state index contributed by atoms with van der Waals surface area (Å²) in [4.78, 5) is 10.9. The van der Waals surface area contributed by atoms with Crippen molar-refractivity contribution < 1.29 is 9.53 Å². The van der Waals surface area contributed by atoms with E-state index in [2.05, 4.69) is 25.3 Å². The van der Waals surface area contributed by atoms with Gasteiger partial charge in [0.25, 0.3) is 0 Å². The maximum Gasteiger partial charge on any atom is 0.384 e. The third-order valence-electron chi connectivity index (χ3n) is 1.65. The maximum atomic E-state index is 10.9. The van der Waals surface area contributed by atoms with E-state index in [0.717, 1.165) is 12.8 Å². The van der Waals surface area contributed by atoms with Crippen molar-refractivity contribution in [3.05, 3.63) is 12.7 Å². The zero-order valence-electron chi connectivity index (χ0n) is 10.8. The molecule has 0 aromatic rings.